The summed E-state index contributed by atoms with van der Waals surface area (Å²) >= 11 is 4.79. The van der Waals surface area contributed by atoms with Crippen molar-refractivity contribution in [3.63, 3.8) is 0 Å². The number of nitrogens with two attached hydrogens (primary N) is 1. The van der Waals surface area contributed by atoms with Crippen LogP contribution in [0.3, 0.4) is 0 Å². The topological polar surface area (TPSA) is 114 Å². The van der Waals surface area contributed by atoms with Crippen molar-refractivity contribution in [2.75, 3.05) is 6.54 Å². The maximum atomic E-state index is 12.2. The predicted molar refractivity (Wildman–Crippen MR) is 81.1 cm³/mol. The SMILES string of the molecule is NC(=S)c1ncccc1S(=O)(=O)NCCC(=O)NC1CC1. The lowest BCUT2D eigenvalue weighted by atomic mass is 10.3. The number of sulfonamides is 1. The molecule has 1 aliphatic rings. The molecule has 0 atom stereocenters. The average Bonchev–Trinajstić information content (AvgIpc) is 3.22. The van der Waals surface area contributed by atoms with Crippen LogP contribution in [0, 0.1) is 0 Å². The minimum atomic E-state index is -3.80. The summed E-state index contributed by atoms with van der Waals surface area (Å²) in [5.74, 6) is -0.166. The normalized spacial score (nSPS) is 14.7. The van der Waals surface area contributed by atoms with E-state index < -0.39 is 10.0 Å². The van der Waals surface area contributed by atoms with E-state index in [1.807, 2.05) is 0 Å². The van der Waals surface area contributed by atoms with Gasteiger partial charge in [0.05, 0.1) is 0 Å². The Balaban J connectivity index is 1.98. The molecule has 7 nitrogen and oxygen atoms in total. The molecule has 4 N–H and O–H groups in total. The first-order valence-electron chi connectivity index (χ1n) is 6.44. The van der Waals surface area contributed by atoms with E-state index in [2.05, 4.69) is 15.0 Å². The van der Waals surface area contributed by atoms with Gasteiger partial charge in [-0.25, -0.2) is 13.1 Å². The standard InChI is InChI=1S/C12H16N4O3S2/c13-12(20)11-9(2-1-6-14-11)21(18,19)15-7-5-10(17)16-8-3-4-8/h1-2,6,8,15H,3-5,7H2,(H2,13,20)(H,16,17). The highest BCUT2D eigenvalue weighted by Crippen LogP contribution is 2.18. The van der Waals surface area contributed by atoms with Gasteiger partial charge in [0.25, 0.3) is 0 Å². The molecule has 21 heavy (non-hydrogen) atoms. The highest BCUT2D eigenvalue weighted by atomic mass is 32.2. The molecule has 1 aromatic heterocycles. The molecule has 0 unspecified atom stereocenters. The number of carbonyl (C=O) groups is 1. The summed E-state index contributed by atoms with van der Waals surface area (Å²) in [5.41, 5.74) is 5.51. The van der Waals surface area contributed by atoms with E-state index in [0.29, 0.717) is 0 Å². The third kappa shape index (κ3) is 4.45. The van der Waals surface area contributed by atoms with Gasteiger partial charge in [-0.3, -0.25) is 9.78 Å². The van der Waals surface area contributed by atoms with Gasteiger partial charge in [0.2, 0.25) is 15.9 Å². The van der Waals surface area contributed by atoms with Crippen LogP contribution in [0.2, 0.25) is 0 Å². The van der Waals surface area contributed by atoms with Gasteiger partial charge in [0, 0.05) is 25.2 Å². The van der Waals surface area contributed by atoms with Gasteiger partial charge >= 0.3 is 0 Å². The minimum Gasteiger partial charge on any atom is -0.388 e. The van der Waals surface area contributed by atoms with Gasteiger partial charge in [-0.05, 0) is 25.0 Å². The molecule has 1 saturated carbocycles. The maximum absolute atomic E-state index is 12.2. The zero-order valence-electron chi connectivity index (χ0n) is 11.2. The summed E-state index contributed by atoms with van der Waals surface area (Å²) in [5, 5.41) is 2.78. The summed E-state index contributed by atoms with van der Waals surface area (Å²) < 4.78 is 26.7. The number of hydrogen-bond donors (Lipinski definition) is 3. The van der Waals surface area contributed by atoms with Crippen molar-refractivity contribution in [3.8, 4) is 0 Å². The van der Waals surface area contributed by atoms with Crippen molar-refractivity contribution in [1.82, 2.24) is 15.0 Å². The van der Waals surface area contributed by atoms with Crippen molar-refractivity contribution in [1.29, 1.82) is 0 Å². The van der Waals surface area contributed by atoms with Crippen molar-refractivity contribution in [3.05, 3.63) is 24.0 Å². The number of amides is 1. The Labute approximate surface area is 128 Å². The van der Waals surface area contributed by atoms with Crippen LogP contribution in [0.1, 0.15) is 25.0 Å². The molecular formula is C12H16N4O3S2. The molecular weight excluding hydrogens is 312 g/mol. The molecule has 1 aromatic rings. The van der Waals surface area contributed by atoms with Gasteiger partial charge in [0.15, 0.2) is 0 Å². The number of nitrogens with one attached hydrogen (secondary N) is 2. The summed E-state index contributed by atoms with van der Waals surface area (Å²) in [6.07, 6.45) is 3.48. The highest BCUT2D eigenvalue weighted by Gasteiger charge is 2.24. The first-order valence-corrected chi connectivity index (χ1v) is 8.33. The number of thiocarbonyl (C=S) groups is 1. The van der Waals surface area contributed by atoms with Gasteiger partial charge < -0.3 is 11.1 Å². The molecule has 0 saturated heterocycles. The fourth-order valence-electron chi connectivity index (χ4n) is 1.70. The van der Waals surface area contributed by atoms with Crippen LogP contribution in [0.4, 0.5) is 0 Å². The molecule has 1 fully saturated rings. The molecule has 0 aliphatic heterocycles. The zero-order valence-corrected chi connectivity index (χ0v) is 12.8. The van der Waals surface area contributed by atoms with Crippen molar-refractivity contribution < 1.29 is 13.2 Å². The maximum Gasteiger partial charge on any atom is 0.242 e. The number of aromatic nitrogens is 1. The van der Waals surface area contributed by atoms with E-state index >= 15 is 0 Å². The highest BCUT2D eigenvalue weighted by molar-refractivity contribution is 7.89. The number of rotatable bonds is 7. The van der Waals surface area contributed by atoms with E-state index in [4.69, 9.17) is 18.0 Å². The second kappa shape index (κ2) is 6.46. The van der Waals surface area contributed by atoms with Crippen LogP contribution in [0.25, 0.3) is 0 Å². The number of pyridine rings is 1. The quantitative estimate of drug-likeness (QED) is 0.590. The van der Waals surface area contributed by atoms with Crippen LogP contribution in [-0.2, 0) is 14.8 Å². The summed E-state index contributed by atoms with van der Waals surface area (Å²) in [6.45, 7) is 0.00650. The predicted octanol–water partition coefficient (Wildman–Crippen LogP) is -0.337. The van der Waals surface area contributed by atoms with E-state index in [-0.39, 0.29) is 40.5 Å². The molecule has 1 heterocycles. The molecule has 0 bridgehead atoms. The first-order chi connectivity index (χ1) is 9.90. The largest absolute Gasteiger partial charge is 0.388 e. The zero-order chi connectivity index (χ0) is 15.5. The van der Waals surface area contributed by atoms with Crippen LogP contribution in [0.15, 0.2) is 23.2 Å². The Hall–Kier alpha value is -1.58. The third-order valence-corrected chi connectivity index (χ3v) is 4.57. The third-order valence-electron chi connectivity index (χ3n) is 2.88. The molecule has 0 radical (unpaired) electrons. The lowest BCUT2D eigenvalue weighted by Gasteiger charge is -2.09. The van der Waals surface area contributed by atoms with Gasteiger partial charge in [-0.1, -0.05) is 12.2 Å². The second-order valence-electron chi connectivity index (χ2n) is 4.70. The fraction of sp³-hybridized carbons (Fsp3) is 0.417. The lowest BCUT2D eigenvalue weighted by molar-refractivity contribution is -0.121. The molecule has 1 aliphatic carbocycles. The van der Waals surface area contributed by atoms with Gasteiger partial charge in [-0.15, -0.1) is 0 Å². The molecule has 1 amide bonds. The van der Waals surface area contributed by atoms with Crippen LogP contribution in [-0.4, -0.2) is 36.9 Å². The summed E-state index contributed by atoms with van der Waals surface area (Å²) in [6, 6.07) is 3.11. The van der Waals surface area contributed by atoms with Crippen LogP contribution < -0.4 is 15.8 Å². The molecule has 0 spiro atoms. The number of nitrogens with zero attached hydrogens (tertiary/aromatic N) is 1. The summed E-state index contributed by atoms with van der Waals surface area (Å²) in [7, 11) is -3.80. The monoisotopic (exact) mass is 328 g/mol. The molecule has 114 valence electrons. The Kier molecular flexibility index (Phi) is 4.86. The Morgan fingerprint density at radius 1 is 1.48 bits per heavy atom. The second-order valence-corrected chi connectivity index (χ2v) is 6.88. The van der Waals surface area contributed by atoms with Crippen molar-refractivity contribution in [2.45, 2.75) is 30.2 Å². The smallest absolute Gasteiger partial charge is 0.242 e. The van der Waals surface area contributed by atoms with Crippen LogP contribution >= 0.6 is 12.2 Å². The van der Waals surface area contributed by atoms with Gasteiger partial charge in [0.1, 0.15) is 15.6 Å². The first kappa shape index (κ1) is 15.8. The molecule has 9 heteroatoms. The number of carbonyl (C=O) groups excluding carboxylic acids is 1. The molecule has 2 rings (SSSR count). The Morgan fingerprint density at radius 2 is 2.19 bits per heavy atom. The van der Waals surface area contributed by atoms with Crippen molar-refractivity contribution in [2.24, 2.45) is 5.73 Å². The van der Waals surface area contributed by atoms with Crippen molar-refractivity contribution >= 4 is 33.1 Å². The van der Waals surface area contributed by atoms with E-state index in [1.165, 1.54) is 18.3 Å². The average molecular weight is 328 g/mol. The lowest BCUT2D eigenvalue weighted by Crippen LogP contribution is -2.32. The number of hydrogen-bond acceptors (Lipinski definition) is 5. The van der Waals surface area contributed by atoms with E-state index in [9.17, 15) is 13.2 Å². The molecule has 0 aromatic carbocycles. The van der Waals surface area contributed by atoms with E-state index in [0.717, 1.165) is 12.8 Å². The Morgan fingerprint density at radius 3 is 2.81 bits per heavy atom. The fourth-order valence-corrected chi connectivity index (χ4v) is 3.13. The summed E-state index contributed by atoms with van der Waals surface area (Å²) in [4.78, 5) is 15.2. The van der Waals surface area contributed by atoms with Crippen LogP contribution in [0.5, 0.6) is 0 Å². The minimum absolute atomic E-state index is 0.00650. The Bertz CT molecular complexity index is 656. The van der Waals surface area contributed by atoms with Gasteiger partial charge in [-0.2, -0.15) is 0 Å². The van der Waals surface area contributed by atoms with E-state index in [1.54, 1.807) is 0 Å².